The number of fused-ring (bicyclic) bond motifs is 1. The molecule has 0 spiro atoms. The summed E-state index contributed by atoms with van der Waals surface area (Å²) >= 11 is 5.97. The lowest BCUT2D eigenvalue weighted by atomic mass is 9.91. The largest absolute Gasteiger partial charge is 0.356 e. The first-order chi connectivity index (χ1) is 12.9. The van der Waals surface area contributed by atoms with Gasteiger partial charge in [-0.1, -0.05) is 37.6 Å². The van der Waals surface area contributed by atoms with Crippen molar-refractivity contribution in [2.45, 2.75) is 52.2 Å². The minimum absolute atomic E-state index is 0.0201. The van der Waals surface area contributed by atoms with E-state index in [1.165, 1.54) is 0 Å². The SMILES string of the molecule is CCNC(=O)[C@@H]1C[C@@H]2CN(Cc3ccc(Cl)cc3)CC(=O)N2[C@@H]1CC(C)C. The van der Waals surface area contributed by atoms with Crippen LogP contribution in [0.1, 0.15) is 39.2 Å². The second-order valence-electron chi connectivity index (χ2n) is 8.18. The van der Waals surface area contributed by atoms with Crippen LogP contribution in [0.4, 0.5) is 0 Å². The Kier molecular flexibility index (Phi) is 6.43. The van der Waals surface area contributed by atoms with Crippen molar-refractivity contribution in [1.82, 2.24) is 15.1 Å². The molecule has 2 aliphatic rings. The number of amides is 2. The van der Waals surface area contributed by atoms with Crippen molar-refractivity contribution < 1.29 is 9.59 Å². The normalized spacial score (nSPS) is 25.7. The molecule has 1 N–H and O–H groups in total. The molecule has 0 aromatic heterocycles. The molecule has 2 amide bonds. The molecule has 2 fully saturated rings. The fourth-order valence-corrected chi connectivity index (χ4v) is 4.66. The van der Waals surface area contributed by atoms with Gasteiger partial charge >= 0.3 is 0 Å². The Morgan fingerprint density at radius 2 is 2.00 bits per heavy atom. The first-order valence-electron chi connectivity index (χ1n) is 9.94. The Labute approximate surface area is 167 Å². The van der Waals surface area contributed by atoms with Crippen molar-refractivity contribution in [1.29, 1.82) is 0 Å². The highest BCUT2D eigenvalue weighted by Gasteiger charge is 2.49. The van der Waals surface area contributed by atoms with Gasteiger partial charge in [-0.2, -0.15) is 0 Å². The van der Waals surface area contributed by atoms with E-state index in [9.17, 15) is 9.59 Å². The number of nitrogens with zero attached hydrogens (tertiary/aromatic N) is 2. The van der Waals surface area contributed by atoms with Crippen LogP contribution in [0.25, 0.3) is 0 Å². The summed E-state index contributed by atoms with van der Waals surface area (Å²) in [6.45, 7) is 8.84. The summed E-state index contributed by atoms with van der Waals surface area (Å²) in [5, 5.41) is 3.69. The van der Waals surface area contributed by atoms with Crippen molar-refractivity contribution in [2.24, 2.45) is 11.8 Å². The van der Waals surface area contributed by atoms with Gasteiger partial charge in [0.2, 0.25) is 11.8 Å². The van der Waals surface area contributed by atoms with Crippen LogP contribution in [0.5, 0.6) is 0 Å². The van der Waals surface area contributed by atoms with Gasteiger partial charge in [-0.25, -0.2) is 0 Å². The molecule has 0 saturated carbocycles. The topological polar surface area (TPSA) is 52.7 Å². The number of carbonyl (C=O) groups excluding carboxylic acids is 2. The molecule has 3 atom stereocenters. The molecule has 5 nitrogen and oxygen atoms in total. The van der Waals surface area contributed by atoms with Crippen LogP contribution < -0.4 is 5.32 Å². The summed E-state index contributed by atoms with van der Waals surface area (Å²) < 4.78 is 0. The Balaban J connectivity index is 1.74. The van der Waals surface area contributed by atoms with E-state index in [-0.39, 0.29) is 29.8 Å². The van der Waals surface area contributed by atoms with Gasteiger partial charge in [-0.3, -0.25) is 14.5 Å². The number of halogens is 1. The third-order valence-corrected chi connectivity index (χ3v) is 5.83. The molecule has 2 heterocycles. The molecule has 2 saturated heterocycles. The monoisotopic (exact) mass is 391 g/mol. The maximum Gasteiger partial charge on any atom is 0.237 e. The van der Waals surface area contributed by atoms with Crippen molar-refractivity contribution in [3.05, 3.63) is 34.9 Å². The number of hydrogen-bond acceptors (Lipinski definition) is 3. The fraction of sp³-hybridized carbons (Fsp3) is 0.619. The Morgan fingerprint density at radius 1 is 1.30 bits per heavy atom. The molecule has 0 unspecified atom stereocenters. The van der Waals surface area contributed by atoms with Gasteiger partial charge in [-0.05, 0) is 43.4 Å². The van der Waals surface area contributed by atoms with Crippen LogP contribution in [0.15, 0.2) is 24.3 Å². The first-order valence-corrected chi connectivity index (χ1v) is 10.3. The zero-order chi connectivity index (χ0) is 19.6. The summed E-state index contributed by atoms with van der Waals surface area (Å²) in [4.78, 5) is 29.8. The van der Waals surface area contributed by atoms with Gasteiger partial charge in [0.25, 0.3) is 0 Å². The number of benzene rings is 1. The van der Waals surface area contributed by atoms with Crippen LogP contribution in [0, 0.1) is 11.8 Å². The maximum absolute atomic E-state index is 13.0. The Morgan fingerprint density at radius 3 is 2.63 bits per heavy atom. The molecular weight excluding hydrogens is 362 g/mol. The van der Waals surface area contributed by atoms with Crippen LogP contribution >= 0.6 is 11.6 Å². The summed E-state index contributed by atoms with van der Waals surface area (Å²) in [5.41, 5.74) is 1.15. The zero-order valence-corrected chi connectivity index (χ0v) is 17.2. The predicted octanol–water partition coefficient (Wildman–Crippen LogP) is 2.92. The number of nitrogens with one attached hydrogen (secondary N) is 1. The van der Waals surface area contributed by atoms with E-state index < -0.39 is 0 Å². The molecule has 1 aromatic carbocycles. The van der Waals surface area contributed by atoms with Crippen molar-refractivity contribution >= 4 is 23.4 Å². The minimum Gasteiger partial charge on any atom is -0.356 e. The molecule has 0 bridgehead atoms. The lowest BCUT2D eigenvalue weighted by molar-refractivity contribution is -0.141. The molecule has 3 rings (SSSR count). The number of carbonyl (C=O) groups is 2. The van der Waals surface area contributed by atoms with Gasteiger partial charge < -0.3 is 10.2 Å². The van der Waals surface area contributed by atoms with Gasteiger partial charge in [0, 0.05) is 36.7 Å². The minimum atomic E-state index is -0.100. The summed E-state index contributed by atoms with van der Waals surface area (Å²) in [7, 11) is 0. The summed E-state index contributed by atoms with van der Waals surface area (Å²) in [5.74, 6) is 0.592. The first kappa shape index (κ1) is 20.2. The van der Waals surface area contributed by atoms with Crippen molar-refractivity contribution in [3.63, 3.8) is 0 Å². The van der Waals surface area contributed by atoms with Crippen LogP contribution in [-0.2, 0) is 16.1 Å². The lowest BCUT2D eigenvalue weighted by Crippen LogP contribution is -2.56. The number of rotatable bonds is 6. The summed E-state index contributed by atoms with van der Waals surface area (Å²) in [6.07, 6.45) is 1.63. The molecular formula is C21H30ClN3O2. The molecule has 0 aliphatic carbocycles. The molecule has 0 radical (unpaired) electrons. The molecule has 27 heavy (non-hydrogen) atoms. The van der Waals surface area contributed by atoms with Gasteiger partial charge in [-0.15, -0.1) is 0 Å². The van der Waals surface area contributed by atoms with E-state index in [0.717, 1.165) is 36.5 Å². The lowest BCUT2D eigenvalue weighted by Gasteiger charge is -2.40. The van der Waals surface area contributed by atoms with E-state index in [4.69, 9.17) is 11.6 Å². The number of hydrogen-bond donors (Lipinski definition) is 1. The smallest absolute Gasteiger partial charge is 0.237 e. The zero-order valence-electron chi connectivity index (χ0n) is 16.5. The Bertz CT molecular complexity index is 677. The van der Waals surface area contributed by atoms with Gasteiger partial charge in [0.05, 0.1) is 12.5 Å². The average molecular weight is 392 g/mol. The van der Waals surface area contributed by atoms with Crippen molar-refractivity contribution in [2.75, 3.05) is 19.6 Å². The van der Waals surface area contributed by atoms with E-state index in [1.54, 1.807) is 0 Å². The molecule has 148 valence electrons. The second-order valence-corrected chi connectivity index (χ2v) is 8.62. The second kappa shape index (κ2) is 8.61. The summed E-state index contributed by atoms with van der Waals surface area (Å²) in [6, 6.07) is 7.92. The fourth-order valence-electron chi connectivity index (χ4n) is 4.53. The van der Waals surface area contributed by atoms with Crippen molar-refractivity contribution in [3.8, 4) is 0 Å². The van der Waals surface area contributed by atoms with Crippen LogP contribution in [0.2, 0.25) is 5.02 Å². The third kappa shape index (κ3) is 4.64. The standard InChI is InChI=1S/C21H30ClN3O2/c1-4-23-21(27)18-10-17-12-24(11-15-5-7-16(22)8-6-15)13-20(26)25(17)19(18)9-14(2)3/h5-8,14,17-19H,4,9-13H2,1-3H3,(H,23,27)/t17-,18-,19-/m1/s1. The number of piperazine rings is 1. The maximum atomic E-state index is 13.0. The van der Waals surface area contributed by atoms with Gasteiger partial charge in [0.1, 0.15) is 0 Å². The van der Waals surface area contributed by atoms with Gasteiger partial charge in [0.15, 0.2) is 0 Å². The van der Waals surface area contributed by atoms with Crippen LogP contribution in [0.3, 0.4) is 0 Å². The van der Waals surface area contributed by atoms with Crippen LogP contribution in [-0.4, -0.2) is 53.3 Å². The Hall–Kier alpha value is -1.59. The molecule has 6 heteroatoms. The van der Waals surface area contributed by atoms with E-state index in [2.05, 4.69) is 24.1 Å². The molecule has 2 aliphatic heterocycles. The quantitative estimate of drug-likeness (QED) is 0.811. The van der Waals surface area contributed by atoms with E-state index in [1.807, 2.05) is 36.1 Å². The highest BCUT2D eigenvalue weighted by molar-refractivity contribution is 6.30. The highest BCUT2D eigenvalue weighted by Crippen LogP contribution is 2.36. The highest BCUT2D eigenvalue weighted by atomic mass is 35.5. The van der Waals surface area contributed by atoms with E-state index in [0.29, 0.717) is 19.0 Å². The third-order valence-electron chi connectivity index (χ3n) is 5.58. The van der Waals surface area contributed by atoms with E-state index >= 15 is 0 Å². The predicted molar refractivity (Wildman–Crippen MR) is 107 cm³/mol. The average Bonchev–Trinajstić information content (AvgIpc) is 2.95. The molecule has 1 aromatic rings.